The Balaban J connectivity index is 1.93. The van der Waals surface area contributed by atoms with Crippen molar-refractivity contribution in [3.8, 4) is 5.75 Å². The van der Waals surface area contributed by atoms with Crippen molar-refractivity contribution in [2.45, 2.75) is 6.42 Å². The number of amides is 1. The lowest BCUT2D eigenvalue weighted by atomic mass is 10.2. The van der Waals surface area contributed by atoms with Gasteiger partial charge in [0.25, 0.3) is 5.91 Å². The molecular weight excluding hydrogens is 270 g/mol. The first-order valence-electron chi connectivity index (χ1n) is 6.62. The molecule has 7 nitrogen and oxygen atoms in total. The number of anilines is 2. The van der Waals surface area contributed by atoms with Gasteiger partial charge in [0.2, 0.25) is 0 Å². The van der Waals surface area contributed by atoms with Gasteiger partial charge in [0.15, 0.2) is 5.82 Å². The van der Waals surface area contributed by atoms with E-state index in [0.717, 1.165) is 12.1 Å². The Labute approximate surface area is 121 Å². The first-order chi connectivity index (χ1) is 10.3. The molecule has 108 valence electrons. The number of hydrogen-bond donors (Lipinski definition) is 2. The Kier molecular flexibility index (Phi) is 3.65. The van der Waals surface area contributed by atoms with E-state index in [2.05, 4.69) is 15.4 Å². The van der Waals surface area contributed by atoms with Crippen LogP contribution in [0.1, 0.15) is 16.9 Å². The highest BCUT2D eigenvalue weighted by Crippen LogP contribution is 2.31. The third-order valence-corrected chi connectivity index (χ3v) is 3.20. The molecule has 0 atom stereocenters. The fourth-order valence-corrected chi connectivity index (χ4v) is 2.19. The van der Waals surface area contributed by atoms with Gasteiger partial charge >= 0.3 is 0 Å². The van der Waals surface area contributed by atoms with Crippen LogP contribution in [0.3, 0.4) is 0 Å². The number of nitrogens with one attached hydrogen (secondary N) is 1. The number of nitrogen functional groups attached to an aromatic ring is 1. The summed E-state index contributed by atoms with van der Waals surface area (Å²) in [6.07, 6.45) is 3.59. The van der Waals surface area contributed by atoms with E-state index >= 15 is 0 Å². The summed E-state index contributed by atoms with van der Waals surface area (Å²) in [7, 11) is 0. The van der Waals surface area contributed by atoms with Gasteiger partial charge in [0, 0.05) is 6.54 Å². The topological polar surface area (TPSA) is 93.4 Å². The van der Waals surface area contributed by atoms with Gasteiger partial charge in [0.1, 0.15) is 11.4 Å². The third kappa shape index (κ3) is 2.63. The maximum atomic E-state index is 12.6. The van der Waals surface area contributed by atoms with E-state index in [1.165, 1.54) is 12.4 Å². The molecule has 3 rings (SSSR count). The van der Waals surface area contributed by atoms with Crippen molar-refractivity contribution in [2.75, 3.05) is 23.5 Å². The summed E-state index contributed by atoms with van der Waals surface area (Å²) in [5.41, 5.74) is 3.40. The van der Waals surface area contributed by atoms with E-state index in [1.54, 1.807) is 4.90 Å². The van der Waals surface area contributed by atoms with Crippen molar-refractivity contribution in [3.05, 3.63) is 42.4 Å². The molecule has 2 heterocycles. The largest absolute Gasteiger partial charge is 0.491 e. The van der Waals surface area contributed by atoms with E-state index in [-0.39, 0.29) is 11.6 Å². The number of hydrogen-bond acceptors (Lipinski definition) is 6. The molecule has 7 heteroatoms. The number of aromatic nitrogens is 2. The summed E-state index contributed by atoms with van der Waals surface area (Å²) in [5, 5.41) is 0. The summed E-state index contributed by atoms with van der Waals surface area (Å²) in [6.45, 7) is 1.16. The highest BCUT2D eigenvalue weighted by molar-refractivity contribution is 6.05. The van der Waals surface area contributed by atoms with Crippen LogP contribution in [0.5, 0.6) is 5.75 Å². The number of carbonyl (C=O) groups excluding carboxylic acids is 1. The molecule has 21 heavy (non-hydrogen) atoms. The zero-order valence-electron chi connectivity index (χ0n) is 11.3. The standard InChI is InChI=1S/C14H15N5O2/c15-18-13-9-16-10(8-17-13)14(20)19-6-3-7-21-12-5-2-1-4-11(12)19/h1-2,4-5,8-9H,3,6-7,15H2,(H,17,18). The third-order valence-electron chi connectivity index (χ3n) is 3.20. The molecule has 0 saturated heterocycles. The number of fused-ring (bicyclic) bond motifs is 1. The number of nitrogens with zero attached hydrogens (tertiary/aromatic N) is 3. The zero-order valence-corrected chi connectivity index (χ0v) is 11.3. The van der Waals surface area contributed by atoms with Crippen LogP contribution in [0.15, 0.2) is 36.7 Å². The van der Waals surface area contributed by atoms with Crippen molar-refractivity contribution in [2.24, 2.45) is 5.84 Å². The average molecular weight is 285 g/mol. The van der Waals surface area contributed by atoms with Gasteiger partial charge in [-0.15, -0.1) is 0 Å². The van der Waals surface area contributed by atoms with Crippen LogP contribution in [0, 0.1) is 0 Å². The van der Waals surface area contributed by atoms with Gasteiger partial charge in [-0.05, 0) is 18.6 Å². The highest BCUT2D eigenvalue weighted by atomic mass is 16.5. The Morgan fingerprint density at radius 2 is 2.14 bits per heavy atom. The van der Waals surface area contributed by atoms with Crippen LogP contribution in [0.4, 0.5) is 11.5 Å². The van der Waals surface area contributed by atoms with Crippen LogP contribution in [0.25, 0.3) is 0 Å². The second-order valence-electron chi connectivity index (χ2n) is 4.56. The molecule has 0 fully saturated rings. The van der Waals surface area contributed by atoms with E-state index in [0.29, 0.717) is 24.7 Å². The Bertz CT molecular complexity index is 644. The Morgan fingerprint density at radius 1 is 1.29 bits per heavy atom. The first-order valence-corrected chi connectivity index (χ1v) is 6.62. The van der Waals surface area contributed by atoms with Crippen molar-refractivity contribution < 1.29 is 9.53 Å². The van der Waals surface area contributed by atoms with E-state index in [1.807, 2.05) is 24.3 Å². The Hall–Kier alpha value is -2.67. The quantitative estimate of drug-likeness (QED) is 0.636. The second-order valence-corrected chi connectivity index (χ2v) is 4.56. The maximum Gasteiger partial charge on any atom is 0.278 e. The van der Waals surface area contributed by atoms with Gasteiger partial charge in [-0.25, -0.2) is 15.8 Å². The van der Waals surface area contributed by atoms with E-state index in [4.69, 9.17) is 10.6 Å². The number of nitrogens with two attached hydrogens (primary N) is 1. The van der Waals surface area contributed by atoms with Crippen LogP contribution >= 0.6 is 0 Å². The predicted octanol–water partition coefficient (Wildman–Crippen LogP) is 1.19. The van der Waals surface area contributed by atoms with Crippen LogP contribution < -0.4 is 20.9 Å². The lowest BCUT2D eigenvalue weighted by Crippen LogP contribution is -2.32. The second kappa shape index (κ2) is 5.76. The number of benzene rings is 1. The van der Waals surface area contributed by atoms with Crippen molar-refractivity contribution >= 4 is 17.4 Å². The molecule has 0 bridgehead atoms. The van der Waals surface area contributed by atoms with Gasteiger partial charge < -0.3 is 15.1 Å². The smallest absolute Gasteiger partial charge is 0.278 e. The minimum Gasteiger partial charge on any atom is -0.491 e. The van der Waals surface area contributed by atoms with Crippen molar-refractivity contribution in [3.63, 3.8) is 0 Å². The van der Waals surface area contributed by atoms with Gasteiger partial charge in [0.05, 0.1) is 24.7 Å². The SMILES string of the molecule is NNc1cnc(C(=O)N2CCCOc3ccccc32)cn1. The summed E-state index contributed by atoms with van der Waals surface area (Å²) in [5.74, 6) is 6.15. The normalized spacial score (nSPS) is 13.9. The monoisotopic (exact) mass is 285 g/mol. The average Bonchev–Trinajstić information content (AvgIpc) is 2.77. The molecule has 1 aromatic carbocycles. The van der Waals surface area contributed by atoms with E-state index in [9.17, 15) is 4.79 Å². The molecule has 0 radical (unpaired) electrons. The van der Waals surface area contributed by atoms with Gasteiger partial charge in [-0.1, -0.05) is 12.1 Å². The molecule has 1 amide bonds. The fourth-order valence-electron chi connectivity index (χ4n) is 2.19. The minimum atomic E-state index is -0.205. The van der Waals surface area contributed by atoms with Crippen molar-refractivity contribution in [1.82, 2.24) is 9.97 Å². The lowest BCUT2D eigenvalue weighted by Gasteiger charge is -2.21. The molecule has 0 aliphatic carbocycles. The summed E-state index contributed by atoms with van der Waals surface area (Å²) < 4.78 is 5.64. The van der Waals surface area contributed by atoms with E-state index < -0.39 is 0 Å². The van der Waals surface area contributed by atoms with Crippen LogP contribution in [-0.2, 0) is 0 Å². The molecule has 0 saturated carbocycles. The summed E-state index contributed by atoms with van der Waals surface area (Å²) >= 11 is 0. The fraction of sp³-hybridized carbons (Fsp3) is 0.214. The number of ether oxygens (including phenoxy) is 1. The molecule has 0 unspecified atom stereocenters. The molecule has 1 aliphatic heterocycles. The maximum absolute atomic E-state index is 12.6. The highest BCUT2D eigenvalue weighted by Gasteiger charge is 2.24. The Morgan fingerprint density at radius 3 is 2.90 bits per heavy atom. The number of carbonyl (C=O) groups is 1. The van der Waals surface area contributed by atoms with Gasteiger partial charge in [-0.3, -0.25) is 4.79 Å². The number of rotatable bonds is 2. The first kappa shape index (κ1) is 13.3. The lowest BCUT2D eigenvalue weighted by molar-refractivity contribution is 0.0982. The summed E-state index contributed by atoms with van der Waals surface area (Å²) in [4.78, 5) is 22.4. The number of para-hydroxylation sites is 2. The van der Waals surface area contributed by atoms with Gasteiger partial charge in [-0.2, -0.15) is 0 Å². The molecule has 0 spiro atoms. The summed E-state index contributed by atoms with van der Waals surface area (Å²) in [6, 6.07) is 7.48. The molecule has 1 aromatic heterocycles. The predicted molar refractivity (Wildman–Crippen MR) is 78.1 cm³/mol. The van der Waals surface area contributed by atoms with Crippen molar-refractivity contribution in [1.29, 1.82) is 0 Å². The van der Waals surface area contributed by atoms with Crippen LogP contribution in [-0.4, -0.2) is 29.0 Å². The molecule has 2 aromatic rings. The number of hydrazine groups is 1. The minimum absolute atomic E-state index is 0.205. The molecular formula is C14H15N5O2. The molecule has 1 aliphatic rings. The molecule has 3 N–H and O–H groups in total. The van der Waals surface area contributed by atoms with Crippen LogP contribution in [0.2, 0.25) is 0 Å². The zero-order chi connectivity index (χ0) is 14.7.